The second-order valence-electron chi connectivity index (χ2n) is 3.49. The molecule has 0 amide bonds. The van der Waals surface area contributed by atoms with E-state index in [4.69, 9.17) is 4.74 Å². The zero-order valence-electron chi connectivity index (χ0n) is 9.36. The summed E-state index contributed by atoms with van der Waals surface area (Å²) < 4.78 is 21.1. The Hall–Kier alpha value is -1.36. The fourth-order valence-corrected chi connectivity index (χ4v) is 1.97. The SMILES string of the molecule is CCn1ccnc1COc1ccc(F)cc1Br. The van der Waals surface area contributed by atoms with Gasteiger partial charge in [-0.2, -0.15) is 0 Å². The van der Waals surface area contributed by atoms with Crippen molar-refractivity contribution in [2.24, 2.45) is 0 Å². The lowest BCUT2D eigenvalue weighted by atomic mass is 10.3. The number of aromatic nitrogens is 2. The predicted octanol–water partition coefficient (Wildman–Crippen LogP) is 3.38. The van der Waals surface area contributed by atoms with Crippen LogP contribution in [0.5, 0.6) is 5.75 Å². The third kappa shape index (κ3) is 2.85. The van der Waals surface area contributed by atoms with Crippen molar-refractivity contribution in [1.82, 2.24) is 9.55 Å². The molecule has 90 valence electrons. The molecule has 0 saturated carbocycles. The first-order valence-corrected chi connectivity index (χ1v) is 6.08. The molecule has 0 N–H and O–H groups in total. The Bertz CT molecular complexity index is 513. The zero-order valence-corrected chi connectivity index (χ0v) is 10.9. The molecule has 0 aliphatic heterocycles. The number of imidazole rings is 1. The van der Waals surface area contributed by atoms with Crippen LogP contribution < -0.4 is 4.74 Å². The number of halogens is 2. The van der Waals surface area contributed by atoms with E-state index in [9.17, 15) is 4.39 Å². The minimum Gasteiger partial charge on any atom is -0.484 e. The van der Waals surface area contributed by atoms with E-state index in [0.29, 0.717) is 16.8 Å². The van der Waals surface area contributed by atoms with Gasteiger partial charge in [0, 0.05) is 18.9 Å². The first-order valence-electron chi connectivity index (χ1n) is 5.28. The molecule has 2 aromatic rings. The molecule has 0 fully saturated rings. The zero-order chi connectivity index (χ0) is 12.3. The number of benzene rings is 1. The predicted molar refractivity (Wildman–Crippen MR) is 66.3 cm³/mol. The van der Waals surface area contributed by atoms with Crippen molar-refractivity contribution in [3.05, 3.63) is 46.7 Å². The van der Waals surface area contributed by atoms with Crippen molar-refractivity contribution < 1.29 is 9.13 Å². The number of hydrogen-bond donors (Lipinski definition) is 0. The summed E-state index contributed by atoms with van der Waals surface area (Å²) >= 11 is 3.25. The Morgan fingerprint density at radius 2 is 2.29 bits per heavy atom. The van der Waals surface area contributed by atoms with E-state index in [-0.39, 0.29) is 5.82 Å². The fraction of sp³-hybridized carbons (Fsp3) is 0.250. The lowest BCUT2D eigenvalue weighted by molar-refractivity contribution is 0.287. The summed E-state index contributed by atoms with van der Waals surface area (Å²) in [6.07, 6.45) is 3.64. The molecular formula is C12H12BrFN2O. The standard InChI is InChI=1S/C12H12BrFN2O/c1-2-16-6-5-15-12(16)8-17-11-4-3-9(14)7-10(11)13/h3-7H,2,8H2,1H3. The van der Waals surface area contributed by atoms with Crippen molar-refractivity contribution in [3.63, 3.8) is 0 Å². The van der Waals surface area contributed by atoms with E-state index >= 15 is 0 Å². The smallest absolute Gasteiger partial charge is 0.146 e. The molecule has 0 unspecified atom stereocenters. The van der Waals surface area contributed by atoms with Gasteiger partial charge in [-0.3, -0.25) is 0 Å². The Morgan fingerprint density at radius 1 is 1.47 bits per heavy atom. The molecular weight excluding hydrogens is 287 g/mol. The van der Waals surface area contributed by atoms with Crippen LogP contribution in [-0.2, 0) is 13.2 Å². The van der Waals surface area contributed by atoms with Gasteiger partial charge < -0.3 is 9.30 Å². The van der Waals surface area contributed by atoms with Gasteiger partial charge in [0.15, 0.2) is 0 Å². The van der Waals surface area contributed by atoms with Crippen molar-refractivity contribution in [2.75, 3.05) is 0 Å². The van der Waals surface area contributed by atoms with Gasteiger partial charge in [-0.1, -0.05) is 0 Å². The molecule has 5 heteroatoms. The first-order chi connectivity index (χ1) is 8.20. The number of ether oxygens (including phenoxy) is 1. The van der Waals surface area contributed by atoms with Crippen LogP contribution in [0.1, 0.15) is 12.7 Å². The molecule has 3 nitrogen and oxygen atoms in total. The lowest BCUT2D eigenvalue weighted by Crippen LogP contribution is -2.05. The molecule has 0 saturated heterocycles. The molecule has 0 aliphatic rings. The summed E-state index contributed by atoms with van der Waals surface area (Å²) in [6, 6.07) is 4.34. The summed E-state index contributed by atoms with van der Waals surface area (Å²) in [5, 5.41) is 0. The summed E-state index contributed by atoms with van der Waals surface area (Å²) in [7, 11) is 0. The Kier molecular flexibility index (Phi) is 3.78. The molecule has 0 bridgehead atoms. The van der Waals surface area contributed by atoms with Gasteiger partial charge in [0.2, 0.25) is 0 Å². The summed E-state index contributed by atoms with van der Waals surface area (Å²) in [5.74, 6) is 1.17. The maximum atomic E-state index is 12.9. The Labute approximate surface area is 107 Å². The Morgan fingerprint density at radius 3 is 3.00 bits per heavy atom. The van der Waals surface area contributed by atoms with E-state index in [1.807, 2.05) is 17.7 Å². The van der Waals surface area contributed by atoms with Crippen LogP contribution >= 0.6 is 15.9 Å². The molecule has 0 atom stereocenters. The second kappa shape index (κ2) is 5.31. The molecule has 1 aromatic heterocycles. The number of nitrogens with zero attached hydrogens (tertiary/aromatic N) is 2. The molecule has 0 radical (unpaired) electrons. The van der Waals surface area contributed by atoms with Gasteiger partial charge in [0.1, 0.15) is 24.0 Å². The van der Waals surface area contributed by atoms with Gasteiger partial charge in [-0.25, -0.2) is 9.37 Å². The van der Waals surface area contributed by atoms with Crippen LogP contribution in [-0.4, -0.2) is 9.55 Å². The van der Waals surface area contributed by atoms with Crippen LogP contribution in [0.15, 0.2) is 35.1 Å². The highest BCUT2D eigenvalue weighted by atomic mass is 79.9. The summed E-state index contributed by atoms with van der Waals surface area (Å²) in [4.78, 5) is 4.20. The summed E-state index contributed by atoms with van der Waals surface area (Å²) in [6.45, 7) is 3.26. The molecule has 0 spiro atoms. The van der Waals surface area contributed by atoms with Crippen molar-refractivity contribution in [3.8, 4) is 5.75 Å². The van der Waals surface area contributed by atoms with Crippen LogP contribution in [0.3, 0.4) is 0 Å². The van der Waals surface area contributed by atoms with Crippen molar-refractivity contribution in [2.45, 2.75) is 20.1 Å². The number of hydrogen-bond acceptors (Lipinski definition) is 2. The monoisotopic (exact) mass is 298 g/mol. The fourth-order valence-electron chi connectivity index (χ4n) is 1.50. The molecule has 0 aliphatic carbocycles. The van der Waals surface area contributed by atoms with Crippen LogP contribution in [0, 0.1) is 5.82 Å². The molecule has 17 heavy (non-hydrogen) atoms. The number of rotatable bonds is 4. The van der Waals surface area contributed by atoms with Gasteiger partial charge in [-0.05, 0) is 41.1 Å². The first kappa shape index (κ1) is 12.1. The van der Waals surface area contributed by atoms with Crippen LogP contribution in [0.25, 0.3) is 0 Å². The van der Waals surface area contributed by atoms with Gasteiger partial charge in [0.05, 0.1) is 4.47 Å². The minimum atomic E-state index is -0.292. The van der Waals surface area contributed by atoms with Crippen molar-refractivity contribution >= 4 is 15.9 Å². The Balaban J connectivity index is 2.07. The largest absolute Gasteiger partial charge is 0.484 e. The molecule has 1 heterocycles. The second-order valence-corrected chi connectivity index (χ2v) is 4.35. The van der Waals surface area contributed by atoms with Crippen molar-refractivity contribution in [1.29, 1.82) is 0 Å². The van der Waals surface area contributed by atoms with Crippen LogP contribution in [0.2, 0.25) is 0 Å². The number of aryl methyl sites for hydroxylation is 1. The van der Waals surface area contributed by atoms with E-state index in [1.165, 1.54) is 12.1 Å². The summed E-state index contributed by atoms with van der Waals surface area (Å²) in [5.41, 5.74) is 0. The van der Waals surface area contributed by atoms with Crippen LogP contribution in [0.4, 0.5) is 4.39 Å². The van der Waals surface area contributed by atoms with Gasteiger partial charge in [-0.15, -0.1) is 0 Å². The molecule has 2 rings (SSSR count). The quantitative estimate of drug-likeness (QED) is 0.865. The van der Waals surface area contributed by atoms with Gasteiger partial charge >= 0.3 is 0 Å². The third-order valence-corrected chi connectivity index (χ3v) is 3.01. The van der Waals surface area contributed by atoms with E-state index in [1.54, 1.807) is 12.3 Å². The third-order valence-electron chi connectivity index (χ3n) is 2.39. The average Bonchev–Trinajstić information content (AvgIpc) is 2.75. The van der Waals surface area contributed by atoms with E-state index in [0.717, 1.165) is 12.4 Å². The average molecular weight is 299 g/mol. The van der Waals surface area contributed by atoms with E-state index < -0.39 is 0 Å². The highest BCUT2D eigenvalue weighted by Gasteiger charge is 2.05. The lowest BCUT2D eigenvalue weighted by Gasteiger charge is -2.09. The maximum Gasteiger partial charge on any atom is 0.146 e. The minimum absolute atomic E-state index is 0.292. The highest BCUT2D eigenvalue weighted by Crippen LogP contribution is 2.26. The maximum absolute atomic E-state index is 12.9. The normalized spacial score (nSPS) is 10.5. The topological polar surface area (TPSA) is 27.1 Å². The van der Waals surface area contributed by atoms with E-state index in [2.05, 4.69) is 20.9 Å². The molecule has 1 aromatic carbocycles. The highest BCUT2D eigenvalue weighted by molar-refractivity contribution is 9.10. The van der Waals surface area contributed by atoms with Gasteiger partial charge in [0.25, 0.3) is 0 Å².